The predicted molar refractivity (Wildman–Crippen MR) is 106 cm³/mol. The van der Waals surface area contributed by atoms with Gasteiger partial charge >= 0.3 is 0 Å². The van der Waals surface area contributed by atoms with Crippen molar-refractivity contribution in [1.29, 1.82) is 0 Å². The molecule has 144 valence electrons. The first-order valence-electron chi connectivity index (χ1n) is 8.61. The monoisotopic (exact) mass is 396 g/mol. The summed E-state index contributed by atoms with van der Waals surface area (Å²) in [4.78, 5) is 16.7. The molecule has 0 aliphatic heterocycles. The SMILES string of the molecule is CS(=O)(=O)c1ccc(CNC(=O)c2cccc(OCc3cccnc3)c2)cc1. The van der Waals surface area contributed by atoms with Gasteiger partial charge in [-0.1, -0.05) is 24.3 Å². The van der Waals surface area contributed by atoms with Crippen LogP contribution in [0.5, 0.6) is 5.75 Å². The lowest BCUT2D eigenvalue weighted by Gasteiger charge is -2.09. The highest BCUT2D eigenvalue weighted by atomic mass is 32.2. The van der Waals surface area contributed by atoms with E-state index in [2.05, 4.69) is 10.3 Å². The van der Waals surface area contributed by atoms with Gasteiger partial charge in [0.1, 0.15) is 12.4 Å². The molecule has 0 atom stereocenters. The number of nitrogens with zero attached hydrogens (tertiary/aromatic N) is 1. The molecule has 0 aliphatic rings. The Labute approximate surface area is 164 Å². The van der Waals surface area contributed by atoms with E-state index in [1.54, 1.807) is 48.8 Å². The number of amides is 1. The quantitative estimate of drug-likeness (QED) is 0.664. The van der Waals surface area contributed by atoms with Crippen molar-refractivity contribution in [2.75, 3.05) is 6.26 Å². The van der Waals surface area contributed by atoms with E-state index in [0.717, 1.165) is 17.4 Å². The average molecular weight is 396 g/mol. The van der Waals surface area contributed by atoms with Crippen LogP contribution in [0.25, 0.3) is 0 Å². The summed E-state index contributed by atoms with van der Waals surface area (Å²) in [5.41, 5.74) is 2.23. The molecule has 1 N–H and O–H groups in total. The van der Waals surface area contributed by atoms with Gasteiger partial charge in [0.2, 0.25) is 0 Å². The fourth-order valence-corrected chi connectivity index (χ4v) is 3.15. The zero-order valence-electron chi connectivity index (χ0n) is 15.3. The fraction of sp³-hybridized carbons (Fsp3) is 0.143. The van der Waals surface area contributed by atoms with Gasteiger partial charge in [0.05, 0.1) is 4.90 Å². The second kappa shape index (κ2) is 8.67. The topological polar surface area (TPSA) is 85.4 Å². The minimum absolute atomic E-state index is 0.237. The number of pyridine rings is 1. The standard InChI is InChI=1S/C21H20N2O4S/c1-28(25,26)20-9-7-16(8-10-20)14-23-21(24)18-5-2-6-19(12-18)27-15-17-4-3-11-22-13-17/h2-13H,14-15H2,1H3,(H,23,24). The first-order chi connectivity index (χ1) is 13.4. The Morgan fingerprint density at radius 2 is 1.82 bits per heavy atom. The second-order valence-electron chi connectivity index (χ2n) is 6.28. The van der Waals surface area contributed by atoms with Crippen molar-refractivity contribution in [2.24, 2.45) is 0 Å². The fourth-order valence-electron chi connectivity index (χ4n) is 2.52. The van der Waals surface area contributed by atoms with Crippen LogP contribution in [0.3, 0.4) is 0 Å². The molecule has 0 radical (unpaired) electrons. The number of sulfone groups is 1. The maximum atomic E-state index is 12.4. The van der Waals surface area contributed by atoms with E-state index in [4.69, 9.17) is 4.74 Å². The third-order valence-electron chi connectivity index (χ3n) is 4.03. The Hall–Kier alpha value is -3.19. The van der Waals surface area contributed by atoms with Gasteiger partial charge in [0.15, 0.2) is 9.84 Å². The molecule has 28 heavy (non-hydrogen) atoms. The molecule has 0 bridgehead atoms. The van der Waals surface area contributed by atoms with E-state index >= 15 is 0 Å². The van der Waals surface area contributed by atoms with E-state index in [1.807, 2.05) is 12.1 Å². The lowest BCUT2D eigenvalue weighted by Crippen LogP contribution is -2.22. The zero-order valence-corrected chi connectivity index (χ0v) is 16.1. The van der Waals surface area contributed by atoms with Crippen molar-refractivity contribution in [2.45, 2.75) is 18.0 Å². The molecular weight excluding hydrogens is 376 g/mol. The van der Waals surface area contributed by atoms with Crippen LogP contribution in [0.2, 0.25) is 0 Å². The molecule has 7 heteroatoms. The van der Waals surface area contributed by atoms with Crippen LogP contribution in [0.1, 0.15) is 21.5 Å². The van der Waals surface area contributed by atoms with Crippen molar-refractivity contribution >= 4 is 15.7 Å². The van der Waals surface area contributed by atoms with Gasteiger partial charge in [0, 0.05) is 36.3 Å². The van der Waals surface area contributed by atoms with Crippen molar-refractivity contribution in [3.8, 4) is 5.75 Å². The smallest absolute Gasteiger partial charge is 0.251 e. The largest absolute Gasteiger partial charge is 0.489 e. The van der Waals surface area contributed by atoms with Gasteiger partial charge in [-0.3, -0.25) is 9.78 Å². The van der Waals surface area contributed by atoms with E-state index in [1.165, 1.54) is 12.1 Å². The number of carbonyl (C=O) groups excluding carboxylic acids is 1. The van der Waals surface area contributed by atoms with Crippen molar-refractivity contribution in [3.05, 3.63) is 89.7 Å². The normalized spacial score (nSPS) is 11.0. The Balaban J connectivity index is 1.58. The molecule has 1 aromatic heterocycles. The Morgan fingerprint density at radius 1 is 1.04 bits per heavy atom. The summed E-state index contributed by atoms with van der Waals surface area (Å²) in [5, 5.41) is 2.82. The molecule has 0 unspecified atom stereocenters. The third-order valence-corrected chi connectivity index (χ3v) is 5.16. The Bertz CT molecular complexity index is 1050. The number of aromatic nitrogens is 1. The van der Waals surface area contributed by atoms with Crippen LogP contribution >= 0.6 is 0 Å². The minimum atomic E-state index is -3.23. The molecule has 3 rings (SSSR count). The number of hydrogen-bond donors (Lipinski definition) is 1. The van der Waals surface area contributed by atoms with E-state index < -0.39 is 9.84 Å². The predicted octanol–water partition coefficient (Wildman–Crippen LogP) is 2.99. The van der Waals surface area contributed by atoms with E-state index in [-0.39, 0.29) is 10.8 Å². The summed E-state index contributed by atoms with van der Waals surface area (Å²) in [6.07, 6.45) is 4.59. The molecule has 0 saturated heterocycles. The number of rotatable bonds is 7. The molecule has 3 aromatic rings. The lowest BCUT2D eigenvalue weighted by atomic mass is 10.2. The first kappa shape index (κ1) is 19.6. The average Bonchev–Trinajstić information content (AvgIpc) is 2.71. The lowest BCUT2D eigenvalue weighted by molar-refractivity contribution is 0.0950. The maximum absolute atomic E-state index is 12.4. The zero-order chi connectivity index (χ0) is 20.0. The molecule has 2 aromatic carbocycles. The highest BCUT2D eigenvalue weighted by Crippen LogP contribution is 2.15. The van der Waals surface area contributed by atoms with E-state index in [0.29, 0.717) is 24.5 Å². The number of nitrogens with one attached hydrogen (secondary N) is 1. The number of benzene rings is 2. The third kappa shape index (κ3) is 5.40. The van der Waals surface area contributed by atoms with Crippen LogP contribution in [0.4, 0.5) is 0 Å². The summed E-state index contributed by atoms with van der Waals surface area (Å²) in [7, 11) is -3.23. The Morgan fingerprint density at radius 3 is 2.50 bits per heavy atom. The van der Waals surface area contributed by atoms with Gasteiger partial charge < -0.3 is 10.1 Å². The van der Waals surface area contributed by atoms with Crippen LogP contribution < -0.4 is 10.1 Å². The summed E-state index contributed by atoms with van der Waals surface area (Å²) >= 11 is 0. The molecule has 1 heterocycles. The van der Waals surface area contributed by atoms with Crippen molar-refractivity contribution in [1.82, 2.24) is 10.3 Å². The van der Waals surface area contributed by atoms with Crippen molar-refractivity contribution in [3.63, 3.8) is 0 Å². The minimum Gasteiger partial charge on any atom is -0.489 e. The van der Waals surface area contributed by atoms with Crippen LogP contribution in [0, 0.1) is 0 Å². The van der Waals surface area contributed by atoms with Gasteiger partial charge in [-0.15, -0.1) is 0 Å². The van der Waals surface area contributed by atoms with Gasteiger partial charge in [0.25, 0.3) is 5.91 Å². The highest BCUT2D eigenvalue weighted by molar-refractivity contribution is 7.90. The van der Waals surface area contributed by atoms with Gasteiger partial charge in [-0.2, -0.15) is 0 Å². The molecule has 0 saturated carbocycles. The molecule has 6 nitrogen and oxygen atoms in total. The van der Waals surface area contributed by atoms with Gasteiger partial charge in [-0.25, -0.2) is 8.42 Å². The molecule has 0 spiro atoms. The van der Waals surface area contributed by atoms with E-state index in [9.17, 15) is 13.2 Å². The molecule has 0 aliphatic carbocycles. The number of carbonyl (C=O) groups is 1. The highest BCUT2D eigenvalue weighted by Gasteiger charge is 2.09. The second-order valence-corrected chi connectivity index (χ2v) is 8.29. The summed E-state index contributed by atoms with van der Waals surface area (Å²) < 4.78 is 28.7. The molecule has 0 fully saturated rings. The first-order valence-corrected chi connectivity index (χ1v) is 10.5. The summed E-state index contributed by atoms with van der Waals surface area (Å²) in [5.74, 6) is 0.355. The summed E-state index contributed by atoms with van der Waals surface area (Å²) in [6.45, 7) is 0.662. The summed E-state index contributed by atoms with van der Waals surface area (Å²) in [6, 6.07) is 17.1. The maximum Gasteiger partial charge on any atom is 0.251 e. The molecule has 1 amide bonds. The van der Waals surface area contributed by atoms with Crippen molar-refractivity contribution < 1.29 is 17.9 Å². The molecular formula is C21H20N2O4S. The van der Waals surface area contributed by atoms with Crippen LogP contribution in [-0.2, 0) is 23.0 Å². The van der Waals surface area contributed by atoms with Crippen LogP contribution in [-0.4, -0.2) is 25.6 Å². The Kier molecular flexibility index (Phi) is 6.06. The number of hydrogen-bond acceptors (Lipinski definition) is 5. The number of ether oxygens (including phenoxy) is 1. The van der Waals surface area contributed by atoms with Gasteiger partial charge in [-0.05, 0) is 42.0 Å². The van der Waals surface area contributed by atoms with Crippen LogP contribution in [0.15, 0.2) is 78.0 Å².